The van der Waals surface area contributed by atoms with Gasteiger partial charge in [-0.05, 0) is 18.1 Å². The van der Waals surface area contributed by atoms with Crippen molar-refractivity contribution in [1.82, 2.24) is 9.55 Å². The Morgan fingerprint density at radius 2 is 2.15 bits per heavy atom. The van der Waals surface area contributed by atoms with E-state index in [9.17, 15) is 4.79 Å². The second-order valence-corrected chi connectivity index (χ2v) is 5.28. The van der Waals surface area contributed by atoms with Crippen molar-refractivity contribution >= 4 is 11.8 Å². The third-order valence-electron chi connectivity index (χ3n) is 3.00. The van der Waals surface area contributed by atoms with Crippen LogP contribution in [0.2, 0.25) is 0 Å². The van der Waals surface area contributed by atoms with Crippen LogP contribution in [0.3, 0.4) is 0 Å². The molecule has 0 amide bonds. The van der Waals surface area contributed by atoms with Crippen molar-refractivity contribution in [2.24, 2.45) is 7.05 Å². The molecule has 0 spiro atoms. The average molecular weight is 285 g/mol. The first-order chi connectivity index (χ1) is 9.65. The van der Waals surface area contributed by atoms with Crippen LogP contribution in [0, 0.1) is 11.3 Å². The van der Waals surface area contributed by atoms with Crippen LogP contribution in [-0.2, 0) is 19.2 Å². The third kappa shape index (κ3) is 3.09. The molecule has 0 aliphatic heterocycles. The molecule has 20 heavy (non-hydrogen) atoms. The van der Waals surface area contributed by atoms with Crippen LogP contribution in [0.1, 0.15) is 23.7 Å². The van der Waals surface area contributed by atoms with Crippen LogP contribution >= 0.6 is 11.8 Å². The molecule has 4 nitrogen and oxygen atoms in total. The fraction of sp³-hybridized carbons (Fsp3) is 0.267. The summed E-state index contributed by atoms with van der Waals surface area (Å²) in [5.74, 6) is 0.622. The molecule has 102 valence electrons. The number of hydrogen-bond donors (Lipinski definition) is 0. The van der Waals surface area contributed by atoms with Gasteiger partial charge in [-0.25, -0.2) is 4.98 Å². The lowest BCUT2D eigenvalue weighted by Gasteiger charge is -2.08. The monoisotopic (exact) mass is 285 g/mol. The molecule has 0 fully saturated rings. The lowest BCUT2D eigenvalue weighted by Crippen LogP contribution is -2.20. The molecule has 1 heterocycles. The summed E-state index contributed by atoms with van der Waals surface area (Å²) in [5, 5.41) is 9.75. The summed E-state index contributed by atoms with van der Waals surface area (Å²) < 4.78 is 1.54. The van der Waals surface area contributed by atoms with Crippen LogP contribution in [-0.4, -0.2) is 9.55 Å². The first-order valence-corrected chi connectivity index (χ1v) is 7.32. The van der Waals surface area contributed by atoms with Gasteiger partial charge in [0.15, 0.2) is 5.16 Å². The molecule has 0 saturated heterocycles. The summed E-state index contributed by atoms with van der Waals surface area (Å²) in [6.45, 7) is 1.97. The molecule has 2 rings (SSSR count). The molecule has 1 aromatic carbocycles. The minimum absolute atomic E-state index is 0.0482. The van der Waals surface area contributed by atoms with Crippen LogP contribution in [0.25, 0.3) is 0 Å². The summed E-state index contributed by atoms with van der Waals surface area (Å²) >= 11 is 1.47. The lowest BCUT2D eigenvalue weighted by atomic mass is 10.1. The largest absolute Gasteiger partial charge is 0.291 e. The standard InChI is InChI=1S/C15H15N3OS/c1-3-13-8-14(19)18(2)15(17-13)20-10-12-7-5-4-6-11(12)9-16/h4-8H,3,10H2,1-2H3. The Morgan fingerprint density at radius 1 is 1.40 bits per heavy atom. The highest BCUT2D eigenvalue weighted by atomic mass is 32.2. The van der Waals surface area contributed by atoms with Gasteiger partial charge in [-0.1, -0.05) is 36.9 Å². The molecule has 0 atom stereocenters. The van der Waals surface area contributed by atoms with Crippen LogP contribution < -0.4 is 5.56 Å². The Balaban J connectivity index is 2.25. The molecular weight excluding hydrogens is 270 g/mol. The molecule has 0 radical (unpaired) electrons. The van der Waals surface area contributed by atoms with Crippen LogP contribution in [0.15, 0.2) is 40.3 Å². The maximum absolute atomic E-state index is 11.8. The highest BCUT2D eigenvalue weighted by molar-refractivity contribution is 7.98. The Labute approximate surface area is 122 Å². The molecule has 0 aliphatic rings. The fourth-order valence-corrected chi connectivity index (χ4v) is 2.77. The molecular formula is C15H15N3OS. The SMILES string of the molecule is CCc1cc(=O)n(C)c(SCc2ccccc2C#N)n1. The third-order valence-corrected chi connectivity index (χ3v) is 4.08. The molecule has 0 unspecified atom stereocenters. The first kappa shape index (κ1) is 14.4. The second-order valence-electron chi connectivity index (χ2n) is 4.34. The number of rotatable bonds is 4. The minimum Gasteiger partial charge on any atom is -0.291 e. The van der Waals surface area contributed by atoms with Gasteiger partial charge < -0.3 is 0 Å². The summed E-state index contributed by atoms with van der Waals surface area (Å²) in [4.78, 5) is 16.3. The van der Waals surface area contributed by atoms with Crippen molar-refractivity contribution in [3.05, 3.63) is 57.5 Å². The quantitative estimate of drug-likeness (QED) is 0.639. The number of benzene rings is 1. The Kier molecular flexibility index (Phi) is 4.59. The molecule has 1 aromatic heterocycles. The van der Waals surface area contributed by atoms with Crippen molar-refractivity contribution in [2.75, 3.05) is 0 Å². The van der Waals surface area contributed by atoms with E-state index in [0.717, 1.165) is 17.7 Å². The predicted octanol–water partition coefficient (Wildman–Crippen LogP) is 2.51. The average Bonchev–Trinajstić information content (AvgIpc) is 2.48. The zero-order valence-electron chi connectivity index (χ0n) is 11.5. The van der Waals surface area contributed by atoms with Gasteiger partial charge in [-0.2, -0.15) is 5.26 Å². The molecule has 0 N–H and O–H groups in total. The predicted molar refractivity (Wildman–Crippen MR) is 79.6 cm³/mol. The van der Waals surface area contributed by atoms with E-state index in [1.807, 2.05) is 25.1 Å². The summed E-state index contributed by atoms with van der Waals surface area (Å²) in [6, 6.07) is 11.2. The fourth-order valence-electron chi connectivity index (χ4n) is 1.77. The van der Waals surface area contributed by atoms with Crippen molar-refractivity contribution in [1.29, 1.82) is 5.26 Å². The Morgan fingerprint density at radius 3 is 2.85 bits per heavy atom. The molecule has 5 heteroatoms. The molecule has 0 bridgehead atoms. The van der Waals surface area contributed by atoms with Crippen LogP contribution in [0.4, 0.5) is 0 Å². The summed E-state index contributed by atoms with van der Waals surface area (Å²) in [5.41, 5.74) is 2.37. The van der Waals surface area contributed by atoms with E-state index in [0.29, 0.717) is 16.5 Å². The van der Waals surface area contributed by atoms with Gasteiger partial charge in [0, 0.05) is 24.6 Å². The van der Waals surface area contributed by atoms with E-state index in [2.05, 4.69) is 11.1 Å². The number of aryl methyl sites for hydroxylation is 1. The Bertz CT molecular complexity index is 716. The van der Waals surface area contributed by atoms with Gasteiger partial charge in [-0.3, -0.25) is 9.36 Å². The number of aromatic nitrogens is 2. The zero-order valence-corrected chi connectivity index (χ0v) is 12.3. The van der Waals surface area contributed by atoms with E-state index in [4.69, 9.17) is 5.26 Å². The maximum atomic E-state index is 11.8. The molecule has 2 aromatic rings. The maximum Gasteiger partial charge on any atom is 0.254 e. The number of nitriles is 1. The van der Waals surface area contributed by atoms with Gasteiger partial charge in [0.05, 0.1) is 11.6 Å². The van der Waals surface area contributed by atoms with E-state index in [1.54, 1.807) is 23.7 Å². The summed E-state index contributed by atoms with van der Waals surface area (Å²) in [6.07, 6.45) is 0.735. The van der Waals surface area contributed by atoms with E-state index >= 15 is 0 Å². The lowest BCUT2D eigenvalue weighted by molar-refractivity contribution is 0.690. The van der Waals surface area contributed by atoms with Crippen molar-refractivity contribution < 1.29 is 0 Å². The van der Waals surface area contributed by atoms with Gasteiger partial charge in [0.25, 0.3) is 5.56 Å². The molecule has 0 aliphatic carbocycles. The smallest absolute Gasteiger partial charge is 0.254 e. The first-order valence-electron chi connectivity index (χ1n) is 6.33. The Hall–Kier alpha value is -2.06. The van der Waals surface area contributed by atoms with Crippen molar-refractivity contribution in [2.45, 2.75) is 24.3 Å². The van der Waals surface area contributed by atoms with Gasteiger partial charge in [0.1, 0.15) is 0 Å². The topological polar surface area (TPSA) is 58.7 Å². The number of nitrogens with zero attached hydrogens (tertiary/aromatic N) is 3. The highest BCUT2D eigenvalue weighted by Gasteiger charge is 2.07. The van der Waals surface area contributed by atoms with E-state index in [-0.39, 0.29) is 5.56 Å². The second kappa shape index (κ2) is 6.40. The zero-order chi connectivity index (χ0) is 14.5. The van der Waals surface area contributed by atoms with Crippen molar-refractivity contribution in [3.63, 3.8) is 0 Å². The number of hydrogen-bond acceptors (Lipinski definition) is 4. The van der Waals surface area contributed by atoms with Gasteiger partial charge in [-0.15, -0.1) is 0 Å². The number of thioether (sulfide) groups is 1. The van der Waals surface area contributed by atoms with Gasteiger partial charge >= 0.3 is 0 Å². The van der Waals surface area contributed by atoms with Crippen LogP contribution in [0.5, 0.6) is 0 Å². The molecule has 0 saturated carbocycles. The van der Waals surface area contributed by atoms with Crippen molar-refractivity contribution in [3.8, 4) is 6.07 Å². The van der Waals surface area contributed by atoms with E-state index < -0.39 is 0 Å². The van der Waals surface area contributed by atoms with E-state index in [1.165, 1.54) is 11.8 Å². The highest BCUT2D eigenvalue weighted by Crippen LogP contribution is 2.21. The summed E-state index contributed by atoms with van der Waals surface area (Å²) in [7, 11) is 1.72. The normalized spacial score (nSPS) is 10.2. The van der Waals surface area contributed by atoms with Gasteiger partial charge in [0.2, 0.25) is 0 Å². The minimum atomic E-state index is -0.0482.